The summed E-state index contributed by atoms with van der Waals surface area (Å²) in [5.74, 6) is 0.647. The molecule has 2 aromatic carbocycles. The molecular weight excluding hydrogens is 366 g/mol. The van der Waals surface area contributed by atoms with Gasteiger partial charge in [-0.1, -0.05) is 6.07 Å². The molecule has 2 aromatic rings. The van der Waals surface area contributed by atoms with Crippen LogP contribution in [0.2, 0.25) is 0 Å². The summed E-state index contributed by atoms with van der Waals surface area (Å²) in [6.07, 6.45) is 1.75. The Balaban J connectivity index is 1.36. The first kappa shape index (κ1) is 19.5. The van der Waals surface area contributed by atoms with Crippen molar-refractivity contribution in [3.63, 3.8) is 0 Å². The van der Waals surface area contributed by atoms with Gasteiger partial charge >= 0.3 is 0 Å². The van der Waals surface area contributed by atoms with Crippen molar-refractivity contribution in [2.24, 2.45) is 0 Å². The van der Waals surface area contributed by atoms with Crippen LogP contribution in [0, 0.1) is 0 Å². The highest BCUT2D eigenvalue weighted by molar-refractivity contribution is 5.96. The number of rotatable bonds is 4. The number of carbonyl (C=O) groups is 2. The number of hydrogen-bond donors (Lipinski definition) is 1. The highest BCUT2D eigenvalue weighted by Gasteiger charge is 2.28. The molecule has 2 aliphatic heterocycles. The molecule has 0 radical (unpaired) electrons. The number of nitrogens with zero attached hydrogens (tertiary/aromatic N) is 2. The molecule has 1 saturated heterocycles. The van der Waals surface area contributed by atoms with Gasteiger partial charge in [0.25, 0.3) is 11.8 Å². The third kappa shape index (κ3) is 4.27. The third-order valence-corrected chi connectivity index (χ3v) is 5.82. The lowest BCUT2D eigenvalue weighted by Gasteiger charge is -2.25. The Kier molecular flexibility index (Phi) is 5.53. The van der Waals surface area contributed by atoms with Crippen molar-refractivity contribution < 1.29 is 14.3 Å². The van der Waals surface area contributed by atoms with Crippen molar-refractivity contribution in [1.29, 1.82) is 0 Å². The SMILES string of the molecule is COc1ccc(C(=O)N[C@@H]2CCN(C(=O)c3ccc4c(c3)CCN(C)C4)C2)cc1. The third-order valence-electron chi connectivity index (χ3n) is 5.82. The topological polar surface area (TPSA) is 61.9 Å². The molecular formula is C23H27N3O3. The normalized spacial score (nSPS) is 19.0. The van der Waals surface area contributed by atoms with Gasteiger partial charge in [-0.05, 0) is 67.4 Å². The van der Waals surface area contributed by atoms with Crippen LogP contribution in [0.15, 0.2) is 42.5 Å². The zero-order chi connectivity index (χ0) is 20.4. The molecule has 2 heterocycles. The van der Waals surface area contributed by atoms with Crippen molar-refractivity contribution in [3.05, 3.63) is 64.7 Å². The summed E-state index contributed by atoms with van der Waals surface area (Å²) in [6, 6.07) is 13.1. The second kappa shape index (κ2) is 8.25. The quantitative estimate of drug-likeness (QED) is 0.866. The van der Waals surface area contributed by atoms with Crippen LogP contribution < -0.4 is 10.1 Å². The molecule has 1 atom stereocenters. The van der Waals surface area contributed by atoms with Gasteiger partial charge in [0, 0.05) is 43.3 Å². The van der Waals surface area contributed by atoms with Crippen LogP contribution in [0.25, 0.3) is 0 Å². The highest BCUT2D eigenvalue weighted by atomic mass is 16.5. The fourth-order valence-electron chi connectivity index (χ4n) is 4.08. The average Bonchev–Trinajstić information content (AvgIpc) is 3.21. The Morgan fingerprint density at radius 1 is 1.03 bits per heavy atom. The molecule has 0 saturated carbocycles. The van der Waals surface area contributed by atoms with Crippen LogP contribution in [-0.4, -0.2) is 61.4 Å². The first-order chi connectivity index (χ1) is 14.0. The molecule has 0 spiro atoms. The Morgan fingerprint density at radius 2 is 1.79 bits per heavy atom. The number of ether oxygens (including phenoxy) is 1. The molecule has 0 aromatic heterocycles. The van der Waals surface area contributed by atoms with Gasteiger partial charge in [0.1, 0.15) is 5.75 Å². The summed E-state index contributed by atoms with van der Waals surface area (Å²) in [4.78, 5) is 29.6. The van der Waals surface area contributed by atoms with E-state index in [0.29, 0.717) is 18.7 Å². The molecule has 29 heavy (non-hydrogen) atoms. The van der Waals surface area contributed by atoms with Gasteiger partial charge in [0.05, 0.1) is 7.11 Å². The first-order valence-corrected chi connectivity index (χ1v) is 10.1. The lowest BCUT2D eigenvalue weighted by atomic mass is 9.97. The van der Waals surface area contributed by atoms with Crippen LogP contribution in [0.3, 0.4) is 0 Å². The first-order valence-electron chi connectivity index (χ1n) is 10.1. The second-order valence-electron chi connectivity index (χ2n) is 7.91. The smallest absolute Gasteiger partial charge is 0.253 e. The minimum Gasteiger partial charge on any atom is -0.497 e. The van der Waals surface area contributed by atoms with E-state index in [9.17, 15) is 9.59 Å². The van der Waals surface area contributed by atoms with Gasteiger partial charge in [-0.2, -0.15) is 0 Å². The maximum atomic E-state index is 13.0. The predicted octanol–water partition coefficient (Wildman–Crippen LogP) is 2.33. The van der Waals surface area contributed by atoms with E-state index >= 15 is 0 Å². The summed E-state index contributed by atoms with van der Waals surface area (Å²) < 4.78 is 5.13. The Morgan fingerprint density at radius 3 is 2.55 bits per heavy atom. The number of nitrogens with one attached hydrogen (secondary N) is 1. The summed E-state index contributed by atoms with van der Waals surface area (Å²) in [5.41, 5.74) is 3.92. The highest BCUT2D eigenvalue weighted by Crippen LogP contribution is 2.22. The van der Waals surface area contributed by atoms with Gasteiger partial charge in [-0.15, -0.1) is 0 Å². The number of likely N-dealkylation sites (tertiary alicyclic amines) is 1. The molecule has 0 unspecified atom stereocenters. The molecule has 6 nitrogen and oxygen atoms in total. The van der Waals surface area contributed by atoms with Crippen LogP contribution in [0.1, 0.15) is 38.3 Å². The van der Waals surface area contributed by atoms with Crippen molar-refractivity contribution >= 4 is 11.8 Å². The molecule has 4 rings (SSSR count). The van der Waals surface area contributed by atoms with Crippen molar-refractivity contribution in [2.75, 3.05) is 33.8 Å². The van der Waals surface area contributed by atoms with Gasteiger partial charge in [0.15, 0.2) is 0 Å². The standard InChI is InChI=1S/C23H27N3O3/c1-25-11-9-17-13-18(3-4-19(17)14-25)23(28)26-12-10-20(15-26)24-22(27)16-5-7-21(29-2)8-6-16/h3-8,13,20H,9-12,14-15H2,1-2H3,(H,24,27)/t20-/m1/s1. The molecule has 152 valence electrons. The fraction of sp³-hybridized carbons (Fsp3) is 0.391. The molecule has 0 bridgehead atoms. The van der Waals surface area contributed by atoms with Crippen molar-refractivity contribution in [3.8, 4) is 5.75 Å². The van der Waals surface area contributed by atoms with Crippen LogP contribution >= 0.6 is 0 Å². The average molecular weight is 393 g/mol. The van der Waals surface area contributed by atoms with E-state index < -0.39 is 0 Å². The number of amides is 2. The zero-order valence-corrected chi connectivity index (χ0v) is 17.0. The summed E-state index contributed by atoms with van der Waals surface area (Å²) in [6.45, 7) is 3.16. The van der Waals surface area contributed by atoms with Gasteiger partial charge in [-0.25, -0.2) is 0 Å². The summed E-state index contributed by atoms with van der Waals surface area (Å²) >= 11 is 0. The van der Waals surface area contributed by atoms with Gasteiger partial charge in [-0.3, -0.25) is 9.59 Å². The van der Waals surface area contributed by atoms with E-state index in [4.69, 9.17) is 4.74 Å². The molecule has 6 heteroatoms. The van der Waals surface area contributed by atoms with Crippen LogP contribution in [0.4, 0.5) is 0 Å². The molecule has 1 fully saturated rings. The van der Waals surface area contributed by atoms with Gasteiger partial charge in [0.2, 0.25) is 0 Å². The molecule has 1 N–H and O–H groups in total. The predicted molar refractivity (Wildman–Crippen MR) is 111 cm³/mol. The van der Waals surface area contributed by atoms with Crippen molar-refractivity contribution in [2.45, 2.75) is 25.4 Å². The Bertz CT molecular complexity index is 910. The van der Waals surface area contributed by atoms with E-state index in [-0.39, 0.29) is 17.9 Å². The fourth-order valence-corrected chi connectivity index (χ4v) is 4.08. The van der Waals surface area contributed by atoms with E-state index in [1.54, 1.807) is 31.4 Å². The van der Waals surface area contributed by atoms with E-state index in [1.165, 1.54) is 11.1 Å². The van der Waals surface area contributed by atoms with Gasteiger partial charge < -0.3 is 19.9 Å². The minimum atomic E-state index is -0.121. The van der Waals surface area contributed by atoms with Crippen LogP contribution in [0.5, 0.6) is 5.75 Å². The Hall–Kier alpha value is -2.86. The number of likely N-dealkylation sites (N-methyl/N-ethyl adjacent to an activating group) is 1. The zero-order valence-electron chi connectivity index (χ0n) is 17.0. The molecule has 0 aliphatic carbocycles. The summed E-state index contributed by atoms with van der Waals surface area (Å²) in [5, 5.41) is 3.04. The Labute approximate surface area is 171 Å². The van der Waals surface area contributed by atoms with E-state index in [1.807, 2.05) is 17.0 Å². The number of fused-ring (bicyclic) bond motifs is 1. The second-order valence-corrected chi connectivity index (χ2v) is 7.91. The maximum absolute atomic E-state index is 13.0. The molecule has 2 amide bonds. The lowest BCUT2D eigenvalue weighted by molar-refractivity contribution is 0.0783. The molecule has 2 aliphatic rings. The maximum Gasteiger partial charge on any atom is 0.253 e. The lowest BCUT2D eigenvalue weighted by Crippen LogP contribution is -2.38. The largest absolute Gasteiger partial charge is 0.497 e. The van der Waals surface area contributed by atoms with Crippen molar-refractivity contribution in [1.82, 2.24) is 15.1 Å². The van der Waals surface area contributed by atoms with E-state index in [2.05, 4.69) is 23.3 Å². The minimum absolute atomic E-state index is 0.0279. The monoisotopic (exact) mass is 393 g/mol. The number of carbonyl (C=O) groups excluding carboxylic acids is 2. The number of benzene rings is 2. The van der Waals surface area contributed by atoms with E-state index in [0.717, 1.165) is 37.2 Å². The number of hydrogen-bond acceptors (Lipinski definition) is 4. The van der Waals surface area contributed by atoms with Crippen LogP contribution in [-0.2, 0) is 13.0 Å². The summed E-state index contributed by atoms with van der Waals surface area (Å²) in [7, 11) is 3.72. The number of methoxy groups -OCH3 is 1.